The van der Waals surface area contributed by atoms with E-state index in [1.807, 2.05) is 36.1 Å². The lowest BCUT2D eigenvalue weighted by atomic mass is 10.0. The summed E-state index contributed by atoms with van der Waals surface area (Å²) in [6.07, 6.45) is 0.121. The van der Waals surface area contributed by atoms with Crippen molar-refractivity contribution in [1.82, 2.24) is 9.80 Å². The zero-order chi connectivity index (χ0) is 17.1. The normalized spacial score (nSPS) is 20.3. The van der Waals surface area contributed by atoms with Crippen molar-refractivity contribution in [3.63, 3.8) is 0 Å². The van der Waals surface area contributed by atoms with Gasteiger partial charge in [0, 0.05) is 32.2 Å². The summed E-state index contributed by atoms with van der Waals surface area (Å²) in [4.78, 5) is 17.0. The summed E-state index contributed by atoms with van der Waals surface area (Å²) in [7, 11) is 0. The maximum absolute atomic E-state index is 12.7. The van der Waals surface area contributed by atoms with Crippen molar-refractivity contribution in [2.24, 2.45) is 0 Å². The molecule has 1 fully saturated rings. The standard InChI is InChI=1S/C20H26N2O2/c1-15-13-22(11-10-21(15)14-16(2)23)20(24)12-18-8-5-7-17-6-3-4-9-19(17)18/h3-9,15-16,23H,10-14H2,1-2H3. The molecule has 4 nitrogen and oxygen atoms in total. The number of benzene rings is 2. The summed E-state index contributed by atoms with van der Waals surface area (Å²) in [6.45, 7) is 6.90. The summed E-state index contributed by atoms with van der Waals surface area (Å²) < 4.78 is 0. The highest BCUT2D eigenvalue weighted by atomic mass is 16.3. The summed E-state index contributed by atoms with van der Waals surface area (Å²) in [5.41, 5.74) is 1.09. The molecule has 2 unspecified atom stereocenters. The molecule has 3 rings (SSSR count). The molecule has 1 aliphatic heterocycles. The van der Waals surface area contributed by atoms with Gasteiger partial charge in [0.25, 0.3) is 0 Å². The van der Waals surface area contributed by atoms with Gasteiger partial charge in [0.15, 0.2) is 0 Å². The fraction of sp³-hybridized carbons (Fsp3) is 0.450. The molecule has 24 heavy (non-hydrogen) atoms. The van der Waals surface area contributed by atoms with Crippen molar-refractivity contribution in [2.45, 2.75) is 32.4 Å². The van der Waals surface area contributed by atoms with E-state index in [2.05, 4.69) is 30.0 Å². The third-order valence-corrected chi connectivity index (χ3v) is 4.84. The molecule has 0 radical (unpaired) electrons. The van der Waals surface area contributed by atoms with Crippen LogP contribution in [-0.4, -0.2) is 59.1 Å². The summed E-state index contributed by atoms with van der Waals surface area (Å²) in [6, 6.07) is 14.7. The molecular formula is C20H26N2O2. The number of rotatable bonds is 4. The minimum absolute atomic E-state index is 0.190. The molecule has 2 atom stereocenters. The molecule has 0 aromatic heterocycles. The van der Waals surface area contributed by atoms with E-state index >= 15 is 0 Å². The minimum Gasteiger partial charge on any atom is -0.392 e. The first-order valence-corrected chi connectivity index (χ1v) is 8.71. The summed E-state index contributed by atoms with van der Waals surface area (Å²) >= 11 is 0. The van der Waals surface area contributed by atoms with Gasteiger partial charge in [0.1, 0.15) is 0 Å². The topological polar surface area (TPSA) is 43.8 Å². The van der Waals surface area contributed by atoms with E-state index < -0.39 is 0 Å². The number of hydrogen-bond donors (Lipinski definition) is 1. The minimum atomic E-state index is -0.328. The first-order chi connectivity index (χ1) is 11.5. The monoisotopic (exact) mass is 326 g/mol. The Morgan fingerprint density at radius 1 is 1.21 bits per heavy atom. The zero-order valence-corrected chi connectivity index (χ0v) is 14.5. The van der Waals surface area contributed by atoms with Gasteiger partial charge >= 0.3 is 0 Å². The lowest BCUT2D eigenvalue weighted by Crippen LogP contribution is -2.55. The molecule has 1 saturated heterocycles. The van der Waals surface area contributed by atoms with Gasteiger partial charge in [-0.1, -0.05) is 42.5 Å². The quantitative estimate of drug-likeness (QED) is 0.937. The molecule has 0 bridgehead atoms. The maximum atomic E-state index is 12.7. The first kappa shape index (κ1) is 16.9. The molecular weight excluding hydrogens is 300 g/mol. The van der Waals surface area contributed by atoms with E-state index in [0.29, 0.717) is 13.0 Å². The lowest BCUT2D eigenvalue weighted by molar-refractivity contribution is -0.133. The number of nitrogens with zero attached hydrogens (tertiary/aromatic N) is 2. The van der Waals surface area contributed by atoms with Crippen LogP contribution in [-0.2, 0) is 11.2 Å². The predicted octanol–water partition coefficient (Wildman–Crippen LogP) is 2.30. The molecule has 0 saturated carbocycles. The largest absolute Gasteiger partial charge is 0.392 e. The Morgan fingerprint density at radius 3 is 2.71 bits per heavy atom. The molecule has 0 aliphatic carbocycles. The SMILES string of the molecule is CC(O)CN1CCN(C(=O)Cc2cccc3ccccc23)CC1C. The van der Waals surface area contributed by atoms with Crippen molar-refractivity contribution >= 4 is 16.7 Å². The lowest BCUT2D eigenvalue weighted by Gasteiger charge is -2.40. The Kier molecular flexibility index (Phi) is 5.17. The summed E-state index contributed by atoms with van der Waals surface area (Å²) in [5, 5.41) is 11.9. The second-order valence-corrected chi connectivity index (χ2v) is 6.85. The van der Waals surface area contributed by atoms with E-state index in [4.69, 9.17) is 0 Å². The van der Waals surface area contributed by atoms with Crippen molar-refractivity contribution in [2.75, 3.05) is 26.2 Å². The molecule has 1 amide bonds. The number of fused-ring (bicyclic) bond motifs is 1. The van der Waals surface area contributed by atoms with Gasteiger partial charge in [-0.3, -0.25) is 9.69 Å². The van der Waals surface area contributed by atoms with Crippen LogP contribution in [0.4, 0.5) is 0 Å². The average Bonchev–Trinajstić information content (AvgIpc) is 2.56. The van der Waals surface area contributed by atoms with Crippen LogP contribution in [0.3, 0.4) is 0 Å². The number of hydrogen-bond acceptors (Lipinski definition) is 3. The highest BCUT2D eigenvalue weighted by Gasteiger charge is 2.27. The van der Waals surface area contributed by atoms with Gasteiger partial charge in [-0.05, 0) is 30.2 Å². The molecule has 0 spiro atoms. The fourth-order valence-electron chi connectivity index (χ4n) is 3.55. The number of amides is 1. The predicted molar refractivity (Wildman–Crippen MR) is 96.9 cm³/mol. The van der Waals surface area contributed by atoms with Crippen LogP contribution >= 0.6 is 0 Å². The van der Waals surface area contributed by atoms with Gasteiger partial charge in [-0.25, -0.2) is 0 Å². The zero-order valence-electron chi connectivity index (χ0n) is 14.5. The van der Waals surface area contributed by atoms with Crippen molar-refractivity contribution in [1.29, 1.82) is 0 Å². The van der Waals surface area contributed by atoms with Crippen molar-refractivity contribution in [3.05, 3.63) is 48.0 Å². The number of aliphatic hydroxyl groups excluding tert-OH is 1. The highest BCUT2D eigenvalue weighted by Crippen LogP contribution is 2.20. The van der Waals surface area contributed by atoms with E-state index in [1.54, 1.807) is 0 Å². The average molecular weight is 326 g/mol. The number of aliphatic hydroxyl groups is 1. The van der Waals surface area contributed by atoms with Gasteiger partial charge in [0.05, 0.1) is 12.5 Å². The van der Waals surface area contributed by atoms with Crippen LogP contribution in [0.5, 0.6) is 0 Å². The van der Waals surface area contributed by atoms with E-state index in [-0.39, 0.29) is 18.1 Å². The Morgan fingerprint density at radius 2 is 1.96 bits per heavy atom. The van der Waals surface area contributed by atoms with Gasteiger partial charge in [-0.15, -0.1) is 0 Å². The van der Waals surface area contributed by atoms with Crippen LogP contribution in [0, 0.1) is 0 Å². The maximum Gasteiger partial charge on any atom is 0.227 e. The Bertz CT molecular complexity index is 708. The number of β-amino-alcohol motifs (C(OH)–C–C–N with tert-alkyl or cyclic N) is 1. The Labute approximate surface area is 143 Å². The first-order valence-electron chi connectivity index (χ1n) is 8.71. The van der Waals surface area contributed by atoms with Crippen molar-refractivity contribution in [3.8, 4) is 0 Å². The third-order valence-electron chi connectivity index (χ3n) is 4.84. The van der Waals surface area contributed by atoms with Gasteiger partial charge in [0.2, 0.25) is 5.91 Å². The van der Waals surface area contributed by atoms with Crippen LogP contribution in [0.25, 0.3) is 10.8 Å². The van der Waals surface area contributed by atoms with Gasteiger partial charge < -0.3 is 10.0 Å². The second-order valence-electron chi connectivity index (χ2n) is 6.85. The third kappa shape index (κ3) is 3.77. The van der Waals surface area contributed by atoms with Gasteiger partial charge in [-0.2, -0.15) is 0 Å². The van der Waals surface area contributed by atoms with Crippen LogP contribution in [0.2, 0.25) is 0 Å². The molecule has 1 N–H and O–H groups in total. The highest BCUT2D eigenvalue weighted by molar-refractivity contribution is 5.90. The molecule has 128 valence electrons. The Balaban J connectivity index is 1.67. The Hall–Kier alpha value is -1.91. The fourth-order valence-corrected chi connectivity index (χ4v) is 3.55. The van der Waals surface area contributed by atoms with E-state index in [9.17, 15) is 9.90 Å². The van der Waals surface area contributed by atoms with E-state index in [1.165, 1.54) is 5.39 Å². The van der Waals surface area contributed by atoms with Crippen LogP contribution < -0.4 is 0 Å². The second kappa shape index (κ2) is 7.32. The molecule has 4 heteroatoms. The smallest absolute Gasteiger partial charge is 0.227 e. The van der Waals surface area contributed by atoms with Crippen molar-refractivity contribution < 1.29 is 9.90 Å². The van der Waals surface area contributed by atoms with Crippen LogP contribution in [0.15, 0.2) is 42.5 Å². The number of piperazine rings is 1. The molecule has 1 aliphatic rings. The molecule has 1 heterocycles. The van der Waals surface area contributed by atoms with Crippen LogP contribution in [0.1, 0.15) is 19.4 Å². The molecule has 2 aromatic carbocycles. The molecule has 2 aromatic rings. The summed E-state index contributed by atoms with van der Waals surface area (Å²) in [5.74, 6) is 0.190. The number of carbonyl (C=O) groups is 1. The van der Waals surface area contributed by atoms with E-state index in [0.717, 1.165) is 30.6 Å². The number of carbonyl (C=O) groups excluding carboxylic acids is 1.